The van der Waals surface area contributed by atoms with E-state index >= 15 is 0 Å². The van der Waals surface area contributed by atoms with Gasteiger partial charge in [-0.15, -0.1) is 0 Å². The molecule has 0 bridgehead atoms. The van der Waals surface area contributed by atoms with E-state index < -0.39 is 21.5 Å². The fraction of sp³-hybridized carbons (Fsp3) is 0.200. The van der Waals surface area contributed by atoms with Crippen molar-refractivity contribution in [3.05, 3.63) is 52.5 Å². The van der Waals surface area contributed by atoms with Crippen LogP contribution in [0.2, 0.25) is 0 Å². The van der Waals surface area contributed by atoms with Crippen LogP contribution in [0.25, 0.3) is 0 Å². The molecule has 0 amide bonds. The molecule has 0 aliphatic heterocycles. The van der Waals surface area contributed by atoms with E-state index in [4.69, 9.17) is 4.74 Å². The fourth-order valence-electron chi connectivity index (χ4n) is 1.99. The number of ether oxygens (including phenoxy) is 1. The van der Waals surface area contributed by atoms with Crippen molar-refractivity contribution in [1.82, 2.24) is 0 Å². The average Bonchev–Trinajstić information content (AvgIpc) is 3.28. The summed E-state index contributed by atoms with van der Waals surface area (Å²) in [7, 11) is -3.30. The second kappa shape index (κ2) is 5.62. The van der Waals surface area contributed by atoms with Crippen LogP contribution in [-0.4, -0.2) is 13.7 Å². The van der Waals surface area contributed by atoms with Crippen LogP contribution in [0.1, 0.15) is 12.8 Å². The summed E-state index contributed by atoms with van der Waals surface area (Å²) < 4.78 is 56.5. The van der Waals surface area contributed by atoms with Crippen molar-refractivity contribution in [2.75, 3.05) is 0 Å². The van der Waals surface area contributed by atoms with Gasteiger partial charge in [-0.2, -0.15) is 0 Å². The van der Waals surface area contributed by atoms with Gasteiger partial charge in [0.05, 0.1) is 14.6 Å². The van der Waals surface area contributed by atoms with E-state index in [1.807, 2.05) is 0 Å². The van der Waals surface area contributed by atoms with Gasteiger partial charge in [-0.25, -0.2) is 17.2 Å². The molecule has 2 aromatic carbocycles. The van der Waals surface area contributed by atoms with Crippen LogP contribution in [-0.2, 0) is 9.84 Å². The summed E-state index contributed by atoms with van der Waals surface area (Å²) in [4.78, 5) is 0.203. The van der Waals surface area contributed by atoms with E-state index in [9.17, 15) is 17.2 Å². The molecular formula is C15H11BrF2O3S. The molecule has 3 nitrogen and oxygen atoms in total. The van der Waals surface area contributed by atoms with Crippen LogP contribution < -0.4 is 4.74 Å². The predicted molar refractivity (Wildman–Crippen MR) is 80.8 cm³/mol. The van der Waals surface area contributed by atoms with Crippen LogP contribution in [0.3, 0.4) is 0 Å². The molecule has 0 atom stereocenters. The zero-order valence-corrected chi connectivity index (χ0v) is 13.6. The second-order valence-electron chi connectivity index (χ2n) is 5.01. The highest BCUT2D eigenvalue weighted by Gasteiger charge is 2.37. The van der Waals surface area contributed by atoms with Gasteiger partial charge in [0, 0.05) is 6.07 Å². The van der Waals surface area contributed by atoms with E-state index in [0.717, 1.165) is 12.1 Å². The molecule has 22 heavy (non-hydrogen) atoms. The summed E-state index contributed by atoms with van der Waals surface area (Å²) in [5.74, 6) is -1.42. The van der Waals surface area contributed by atoms with Crippen LogP contribution in [0.5, 0.6) is 11.5 Å². The molecular weight excluding hydrogens is 378 g/mol. The van der Waals surface area contributed by atoms with E-state index in [-0.39, 0.29) is 21.6 Å². The van der Waals surface area contributed by atoms with E-state index in [1.165, 1.54) is 24.3 Å². The lowest BCUT2D eigenvalue weighted by Gasteiger charge is -2.10. The van der Waals surface area contributed by atoms with Crippen molar-refractivity contribution in [3.8, 4) is 11.5 Å². The highest BCUT2D eigenvalue weighted by atomic mass is 79.9. The highest BCUT2D eigenvalue weighted by Crippen LogP contribution is 2.37. The third-order valence-electron chi connectivity index (χ3n) is 3.31. The molecule has 0 unspecified atom stereocenters. The maximum Gasteiger partial charge on any atom is 0.181 e. The molecule has 116 valence electrons. The van der Waals surface area contributed by atoms with Crippen molar-refractivity contribution < 1.29 is 21.9 Å². The Labute approximate surface area is 135 Å². The number of sulfone groups is 1. The van der Waals surface area contributed by atoms with Gasteiger partial charge in [0.1, 0.15) is 11.6 Å². The Hall–Kier alpha value is -1.47. The van der Waals surface area contributed by atoms with Gasteiger partial charge in [0.25, 0.3) is 0 Å². The Bertz CT molecular complexity index is 833. The number of rotatable bonds is 4. The minimum absolute atomic E-state index is 0.139. The lowest BCUT2D eigenvalue weighted by molar-refractivity contribution is 0.435. The summed E-state index contributed by atoms with van der Waals surface area (Å²) in [6.45, 7) is 0. The Morgan fingerprint density at radius 2 is 1.73 bits per heavy atom. The van der Waals surface area contributed by atoms with Crippen molar-refractivity contribution in [1.29, 1.82) is 0 Å². The third kappa shape index (κ3) is 3.01. The van der Waals surface area contributed by atoms with E-state index in [2.05, 4.69) is 15.9 Å². The molecule has 0 radical (unpaired) electrons. The topological polar surface area (TPSA) is 43.4 Å². The van der Waals surface area contributed by atoms with Gasteiger partial charge in [0.2, 0.25) is 0 Å². The van der Waals surface area contributed by atoms with Gasteiger partial charge in [-0.3, -0.25) is 0 Å². The second-order valence-corrected chi connectivity index (χ2v) is 8.10. The summed E-state index contributed by atoms with van der Waals surface area (Å²) in [6, 6.07) is 7.28. The molecule has 2 aromatic rings. The number of halogens is 3. The molecule has 1 saturated carbocycles. The Morgan fingerprint density at radius 3 is 2.32 bits per heavy atom. The highest BCUT2D eigenvalue weighted by molar-refractivity contribution is 9.10. The van der Waals surface area contributed by atoms with Crippen LogP contribution in [0.4, 0.5) is 8.78 Å². The lowest BCUT2D eigenvalue weighted by Crippen LogP contribution is -2.07. The molecule has 1 aliphatic rings. The molecule has 1 fully saturated rings. The monoisotopic (exact) mass is 388 g/mol. The SMILES string of the molecule is O=S(=O)(c1ccc(Oc2ccc(F)cc2F)c(Br)c1)C1CC1. The normalized spacial score (nSPS) is 14.9. The molecule has 1 aliphatic carbocycles. The summed E-state index contributed by atoms with van der Waals surface area (Å²) >= 11 is 3.22. The first kappa shape index (κ1) is 15.4. The quantitative estimate of drug-likeness (QED) is 0.776. The zero-order chi connectivity index (χ0) is 15.9. The fourth-order valence-corrected chi connectivity index (χ4v) is 4.28. The third-order valence-corrected chi connectivity index (χ3v) is 6.19. The standard InChI is InChI=1S/C15H11BrF2O3S/c16-12-8-11(22(19,20)10-2-3-10)4-6-14(12)21-15-5-1-9(17)7-13(15)18/h1,4-8,10H,2-3H2. The molecule has 7 heteroatoms. The van der Waals surface area contributed by atoms with Gasteiger partial charge in [0.15, 0.2) is 21.4 Å². The minimum atomic E-state index is -3.30. The van der Waals surface area contributed by atoms with Crippen LogP contribution in [0.15, 0.2) is 45.8 Å². The number of hydrogen-bond donors (Lipinski definition) is 0. The van der Waals surface area contributed by atoms with Crippen molar-refractivity contribution in [3.63, 3.8) is 0 Å². The first-order valence-electron chi connectivity index (χ1n) is 6.54. The van der Waals surface area contributed by atoms with E-state index in [1.54, 1.807) is 0 Å². The van der Waals surface area contributed by atoms with Crippen molar-refractivity contribution in [2.24, 2.45) is 0 Å². The Morgan fingerprint density at radius 1 is 1.05 bits per heavy atom. The average molecular weight is 389 g/mol. The maximum absolute atomic E-state index is 13.6. The Kier molecular flexibility index (Phi) is 3.94. The molecule has 0 N–H and O–H groups in total. The van der Waals surface area contributed by atoms with Crippen LogP contribution >= 0.6 is 15.9 Å². The number of hydrogen-bond acceptors (Lipinski definition) is 3. The molecule has 0 saturated heterocycles. The molecule has 0 aromatic heterocycles. The smallest absolute Gasteiger partial charge is 0.181 e. The molecule has 3 rings (SSSR count). The van der Waals surface area contributed by atoms with E-state index in [0.29, 0.717) is 17.3 Å². The largest absolute Gasteiger partial charge is 0.453 e. The van der Waals surface area contributed by atoms with Gasteiger partial charge in [-0.1, -0.05) is 0 Å². The summed E-state index contributed by atoms with van der Waals surface area (Å²) in [5.41, 5.74) is 0. The lowest BCUT2D eigenvalue weighted by atomic mass is 10.3. The zero-order valence-electron chi connectivity index (χ0n) is 11.2. The molecule has 0 heterocycles. The maximum atomic E-state index is 13.6. The molecule has 0 spiro atoms. The van der Waals surface area contributed by atoms with Crippen LogP contribution in [0, 0.1) is 11.6 Å². The number of benzene rings is 2. The Balaban J connectivity index is 1.89. The summed E-state index contributed by atoms with van der Waals surface area (Å²) in [6.07, 6.45) is 1.36. The minimum Gasteiger partial charge on any atom is -0.453 e. The first-order valence-corrected chi connectivity index (χ1v) is 8.88. The first-order chi connectivity index (χ1) is 10.4. The van der Waals surface area contributed by atoms with Gasteiger partial charge < -0.3 is 4.74 Å². The predicted octanol–water partition coefficient (Wildman–Crippen LogP) is 4.46. The van der Waals surface area contributed by atoms with Crippen molar-refractivity contribution in [2.45, 2.75) is 23.0 Å². The van der Waals surface area contributed by atoms with Gasteiger partial charge >= 0.3 is 0 Å². The summed E-state index contributed by atoms with van der Waals surface area (Å²) in [5, 5.41) is -0.305. The van der Waals surface area contributed by atoms with Crippen molar-refractivity contribution >= 4 is 25.8 Å². The van der Waals surface area contributed by atoms with Gasteiger partial charge in [-0.05, 0) is 59.1 Å².